The van der Waals surface area contributed by atoms with Crippen LogP contribution in [-0.2, 0) is 0 Å². The molecule has 0 radical (unpaired) electrons. The number of nitrogens with two attached hydrogens (primary N) is 1. The normalized spacial score (nSPS) is 9.00. The number of anilines is 1. The van der Waals surface area contributed by atoms with Crippen molar-refractivity contribution < 1.29 is 19.9 Å². The number of carboxylic acid groups (broad SMARTS) is 1. The molecule has 0 aliphatic carbocycles. The van der Waals surface area contributed by atoms with Gasteiger partial charge in [-0.3, -0.25) is 0 Å². The quantitative estimate of drug-likeness (QED) is 0.378. The van der Waals surface area contributed by atoms with E-state index in [1.165, 1.54) is 12.1 Å². The fraction of sp³-hybridized carbons (Fsp3) is 0. The highest BCUT2D eigenvalue weighted by atomic mass is 35.5. The first-order valence-corrected chi connectivity index (χ1v) is 3.50. The predicted molar refractivity (Wildman–Crippen MR) is 54.9 cm³/mol. The summed E-state index contributed by atoms with van der Waals surface area (Å²) in [4.78, 5) is 10.5. The lowest BCUT2D eigenvalue weighted by molar-refractivity contribution is 0.0697. The topological polar surface area (TPSA) is 104 Å². The molecule has 0 bridgehead atoms. The smallest absolute Gasteiger partial charge is 0.478 e. The lowest BCUT2D eigenvalue weighted by atomic mass is 9.79. The van der Waals surface area contributed by atoms with Crippen LogP contribution >= 0.6 is 12.4 Å². The molecule has 0 saturated heterocycles. The van der Waals surface area contributed by atoms with Crippen molar-refractivity contribution in [1.82, 2.24) is 0 Å². The monoisotopic (exact) mass is 217 g/mol. The molecule has 0 amide bonds. The van der Waals surface area contributed by atoms with Crippen LogP contribution in [0.15, 0.2) is 18.2 Å². The Balaban J connectivity index is 0.00000169. The molecular formula is C7H9BClNO4. The molecule has 1 aromatic carbocycles. The molecule has 0 aliphatic rings. The van der Waals surface area contributed by atoms with Crippen LogP contribution in [0.5, 0.6) is 0 Å². The number of benzene rings is 1. The van der Waals surface area contributed by atoms with E-state index in [9.17, 15) is 4.79 Å². The molecule has 0 saturated carbocycles. The maximum Gasteiger partial charge on any atom is 0.488 e. The number of aromatic carboxylic acids is 1. The highest BCUT2D eigenvalue weighted by molar-refractivity contribution is 6.58. The summed E-state index contributed by atoms with van der Waals surface area (Å²) in [6.45, 7) is 0. The molecule has 76 valence electrons. The van der Waals surface area contributed by atoms with Gasteiger partial charge in [-0.15, -0.1) is 12.4 Å². The SMILES string of the molecule is Cl.Nc1cc(B(O)O)cc(C(=O)O)c1. The number of hydrogen-bond donors (Lipinski definition) is 4. The van der Waals surface area contributed by atoms with Gasteiger partial charge in [-0.1, -0.05) is 0 Å². The molecule has 5 N–H and O–H groups in total. The van der Waals surface area contributed by atoms with Crippen LogP contribution in [0.25, 0.3) is 0 Å². The first-order chi connectivity index (χ1) is 6.00. The molecular weight excluding hydrogens is 208 g/mol. The van der Waals surface area contributed by atoms with Crippen molar-refractivity contribution in [1.29, 1.82) is 0 Å². The van der Waals surface area contributed by atoms with Gasteiger partial charge in [-0.25, -0.2) is 4.79 Å². The minimum atomic E-state index is -1.71. The fourth-order valence-electron chi connectivity index (χ4n) is 0.949. The van der Waals surface area contributed by atoms with E-state index < -0.39 is 13.1 Å². The summed E-state index contributed by atoms with van der Waals surface area (Å²) in [5, 5.41) is 26.1. The van der Waals surface area contributed by atoms with Crippen LogP contribution in [0.4, 0.5) is 5.69 Å². The number of carboxylic acids is 1. The molecule has 1 rings (SSSR count). The second kappa shape index (κ2) is 4.85. The van der Waals surface area contributed by atoms with Crippen LogP contribution in [-0.4, -0.2) is 28.2 Å². The Labute approximate surface area is 86.7 Å². The average molecular weight is 217 g/mol. The van der Waals surface area contributed by atoms with Gasteiger partial charge in [0.05, 0.1) is 5.56 Å². The summed E-state index contributed by atoms with van der Waals surface area (Å²) >= 11 is 0. The van der Waals surface area contributed by atoms with Gasteiger partial charge in [0.15, 0.2) is 0 Å². The molecule has 7 heteroatoms. The number of rotatable bonds is 2. The number of carbonyl (C=O) groups is 1. The minimum Gasteiger partial charge on any atom is -0.478 e. The van der Waals surface area contributed by atoms with Crippen molar-refractivity contribution in [2.24, 2.45) is 0 Å². The van der Waals surface area contributed by atoms with Gasteiger partial charge in [0.2, 0.25) is 0 Å². The number of halogens is 1. The van der Waals surface area contributed by atoms with E-state index in [-0.39, 0.29) is 29.1 Å². The van der Waals surface area contributed by atoms with Gasteiger partial charge in [-0.05, 0) is 23.7 Å². The summed E-state index contributed by atoms with van der Waals surface area (Å²) < 4.78 is 0. The van der Waals surface area contributed by atoms with Crippen molar-refractivity contribution >= 4 is 36.6 Å². The van der Waals surface area contributed by atoms with Crippen molar-refractivity contribution in [3.05, 3.63) is 23.8 Å². The number of nitrogen functional groups attached to an aromatic ring is 1. The summed E-state index contributed by atoms with van der Waals surface area (Å²) in [5.41, 5.74) is 5.53. The molecule has 0 heterocycles. The third-order valence-corrected chi connectivity index (χ3v) is 1.52. The van der Waals surface area contributed by atoms with E-state index in [0.29, 0.717) is 0 Å². The Morgan fingerprint density at radius 1 is 1.29 bits per heavy atom. The number of hydrogen-bond acceptors (Lipinski definition) is 4. The lowest BCUT2D eigenvalue weighted by Crippen LogP contribution is -2.30. The Hall–Kier alpha value is -1.24. The highest BCUT2D eigenvalue weighted by Gasteiger charge is 2.14. The van der Waals surface area contributed by atoms with Crippen molar-refractivity contribution in [2.75, 3.05) is 5.73 Å². The molecule has 0 unspecified atom stereocenters. The summed E-state index contributed by atoms with van der Waals surface area (Å²) in [6, 6.07) is 3.70. The second-order valence-electron chi connectivity index (χ2n) is 2.57. The molecule has 0 aliphatic heterocycles. The Bertz CT molecular complexity index is 344. The Morgan fingerprint density at radius 3 is 2.29 bits per heavy atom. The van der Waals surface area contributed by atoms with E-state index in [2.05, 4.69) is 0 Å². The third-order valence-electron chi connectivity index (χ3n) is 1.52. The van der Waals surface area contributed by atoms with Crippen LogP contribution in [0, 0.1) is 0 Å². The van der Waals surface area contributed by atoms with Gasteiger partial charge in [0, 0.05) is 5.69 Å². The fourth-order valence-corrected chi connectivity index (χ4v) is 0.949. The Morgan fingerprint density at radius 2 is 1.86 bits per heavy atom. The molecule has 0 aromatic heterocycles. The molecule has 0 spiro atoms. The van der Waals surface area contributed by atoms with Gasteiger partial charge in [0.25, 0.3) is 0 Å². The van der Waals surface area contributed by atoms with Gasteiger partial charge in [-0.2, -0.15) is 0 Å². The molecule has 0 atom stereocenters. The zero-order valence-electron chi connectivity index (χ0n) is 7.04. The molecule has 14 heavy (non-hydrogen) atoms. The zero-order chi connectivity index (χ0) is 10.0. The highest BCUT2D eigenvalue weighted by Crippen LogP contribution is 2.04. The van der Waals surface area contributed by atoms with Gasteiger partial charge < -0.3 is 20.9 Å². The van der Waals surface area contributed by atoms with Crippen LogP contribution in [0.1, 0.15) is 10.4 Å². The van der Waals surface area contributed by atoms with Gasteiger partial charge in [0.1, 0.15) is 0 Å². The first kappa shape index (κ1) is 12.8. The predicted octanol–water partition coefficient (Wildman–Crippen LogP) is -0.931. The van der Waals surface area contributed by atoms with E-state index in [4.69, 9.17) is 20.9 Å². The largest absolute Gasteiger partial charge is 0.488 e. The molecule has 0 fully saturated rings. The van der Waals surface area contributed by atoms with Gasteiger partial charge >= 0.3 is 13.1 Å². The van der Waals surface area contributed by atoms with Crippen LogP contribution < -0.4 is 11.2 Å². The molecule has 1 aromatic rings. The second-order valence-corrected chi connectivity index (χ2v) is 2.57. The maximum absolute atomic E-state index is 10.5. The zero-order valence-corrected chi connectivity index (χ0v) is 7.86. The van der Waals surface area contributed by atoms with Crippen molar-refractivity contribution in [2.45, 2.75) is 0 Å². The third kappa shape index (κ3) is 2.92. The van der Waals surface area contributed by atoms with Crippen LogP contribution in [0.3, 0.4) is 0 Å². The van der Waals surface area contributed by atoms with E-state index >= 15 is 0 Å². The minimum absolute atomic E-state index is 0. The first-order valence-electron chi connectivity index (χ1n) is 3.50. The van der Waals surface area contributed by atoms with Crippen LogP contribution in [0.2, 0.25) is 0 Å². The van der Waals surface area contributed by atoms with Crippen molar-refractivity contribution in [3.8, 4) is 0 Å². The lowest BCUT2D eigenvalue weighted by Gasteiger charge is -2.02. The van der Waals surface area contributed by atoms with E-state index in [1.54, 1.807) is 0 Å². The average Bonchev–Trinajstić information content (AvgIpc) is 2.03. The molecule has 5 nitrogen and oxygen atoms in total. The summed E-state index contributed by atoms with van der Waals surface area (Å²) in [5.74, 6) is -1.16. The van der Waals surface area contributed by atoms with Crippen molar-refractivity contribution in [3.63, 3.8) is 0 Å². The van der Waals surface area contributed by atoms with E-state index in [1.807, 2.05) is 0 Å². The van der Waals surface area contributed by atoms with E-state index in [0.717, 1.165) is 6.07 Å². The summed E-state index contributed by atoms with van der Waals surface area (Å²) in [7, 11) is -1.71. The maximum atomic E-state index is 10.5. The summed E-state index contributed by atoms with van der Waals surface area (Å²) in [6.07, 6.45) is 0. The standard InChI is InChI=1S/C7H8BNO4.ClH/c9-6-2-4(7(10)11)1-5(3-6)8(12)13;/h1-3,12-13H,9H2,(H,10,11);1H. The Kier molecular flexibility index (Phi) is 4.42.